The van der Waals surface area contributed by atoms with Gasteiger partial charge in [-0.2, -0.15) is 13.2 Å². The topological polar surface area (TPSA) is 50.7 Å². The van der Waals surface area contributed by atoms with Gasteiger partial charge >= 0.3 is 6.18 Å². The van der Waals surface area contributed by atoms with E-state index in [1.165, 1.54) is 0 Å². The van der Waals surface area contributed by atoms with Crippen LogP contribution < -0.4 is 5.32 Å². The van der Waals surface area contributed by atoms with Crippen LogP contribution in [0.4, 0.5) is 13.2 Å². The summed E-state index contributed by atoms with van der Waals surface area (Å²) in [6.07, 6.45) is -6.00. The van der Waals surface area contributed by atoms with Gasteiger partial charge in [0.15, 0.2) is 0 Å². The van der Waals surface area contributed by atoms with E-state index < -0.39 is 25.3 Å². The van der Waals surface area contributed by atoms with E-state index in [2.05, 4.69) is 10.1 Å². The van der Waals surface area contributed by atoms with Crippen molar-refractivity contribution in [2.75, 3.05) is 40.0 Å². The van der Waals surface area contributed by atoms with Crippen molar-refractivity contribution < 1.29 is 27.8 Å². The molecular formula is C9H18F3NO3. The van der Waals surface area contributed by atoms with E-state index in [0.717, 1.165) is 0 Å². The molecule has 4 nitrogen and oxygen atoms in total. The number of ether oxygens (including phenoxy) is 2. The molecule has 0 amide bonds. The van der Waals surface area contributed by atoms with E-state index in [1.54, 1.807) is 7.11 Å². The van der Waals surface area contributed by atoms with Crippen molar-refractivity contribution in [1.29, 1.82) is 0 Å². The molecule has 1 atom stereocenters. The second-order valence-corrected chi connectivity index (χ2v) is 3.29. The molecule has 0 bridgehead atoms. The van der Waals surface area contributed by atoms with Gasteiger partial charge in [-0.15, -0.1) is 0 Å². The minimum atomic E-state index is -4.21. The maximum atomic E-state index is 11.7. The Bertz CT molecular complexity index is 167. The number of hydrogen-bond donors (Lipinski definition) is 2. The highest BCUT2D eigenvalue weighted by Crippen LogP contribution is 2.18. The van der Waals surface area contributed by atoms with Gasteiger partial charge in [0, 0.05) is 20.2 Å². The average Bonchev–Trinajstić information content (AvgIpc) is 2.18. The Morgan fingerprint density at radius 3 is 2.56 bits per heavy atom. The summed E-state index contributed by atoms with van der Waals surface area (Å²) in [7, 11) is 1.55. The summed E-state index contributed by atoms with van der Waals surface area (Å²) in [5, 5.41) is 12.1. The molecule has 0 aliphatic heterocycles. The number of nitrogens with one attached hydrogen (secondary N) is 1. The zero-order valence-electron chi connectivity index (χ0n) is 9.22. The molecule has 0 fully saturated rings. The molecule has 98 valence electrons. The lowest BCUT2D eigenvalue weighted by molar-refractivity contribution is -0.147. The third kappa shape index (κ3) is 11.7. The Hall–Kier alpha value is -0.370. The molecule has 7 heteroatoms. The Balaban J connectivity index is 3.27. The minimum Gasteiger partial charge on any atom is -0.389 e. The molecule has 0 saturated carbocycles. The first-order valence-electron chi connectivity index (χ1n) is 4.98. The number of hydrogen-bond acceptors (Lipinski definition) is 4. The number of halogens is 3. The van der Waals surface area contributed by atoms with Crippen LogP contribution in [0.1, 0.15) is 6.42 Å². The van der Waals surface area contributed by atoms with Crippen LogP contribution in [0.2, 0.25) is 0 Å². The minimum absolute atomic E-state index is 0.101. The number of rotatable bonds is 9. The van der Waals surface area contributed by atoms with Crippen molar-refractivity contribution in [3.8, 4) is 0 Å². The van der Waals surface area contributed by atoms with Crippen LogP contribution in [0.3, 0.4) is 0 Å². The van der Waals surface area contributed by atoms with Gasteiger partial charge in [-0.05, 0) is 0 Å². The highest BCUT2D eigenvalue weighted by molar-refractivity contribution is 4.58. The molecule has 0 aromatic rings. The first kappa shape index (κ1) is 15.6. The lowest BCUT2D eigenvalue weighted by Crippen LogP contribution is -2.32. The Morgan fingerprint density at radius 2 is 2.00 bits per heavy atom. The quantitative estimate of drug-likeness (QED) is 0.583. The van der Waals surface area contributed by atoms with E-state index in [4.69, 9.17) is 4.74 Å². The largest absolute Gasteiger partial charge is 0.391 e. The fraction of sp³-hybridized carbons (Fsp3) is 1.00. The summed E-state index contributed by atoms with van der Waals surface area (Å²) in [6, 6.07) is 0. The molecule has 1 unspecified atom stereocenters. The highest BCUT2D eigenvalue weighted by atomic mass is 19.4. The van der Waals surface area contributed by atoms with Gasteiger partial charge in [0.05, 0.1) is 32.3 Å². The van der Waals surface area contributed by atoms with Crippen LogP contribution in [0, 0.1) is 0 Å². The normalized spacial score (nSPS) is 14.1. The van der Waals surface area contributed by atoms with Gasteiger partial charge in [-0.3, -0.25) is 0 Å². The molecule has 0 radical (unpaired) electrons. The fourth-order valence-electron chi connectivity index (χ4n) is 0.909. The predicted octanol–water partition coefficient (Wildman–Crippen LogP) is 0.552. The number of alkyl halides is 3. The first-order valence-corrected chi connectivity index (χ1v) is 4.98. The second-order valence-electron chi connectivity index (χ2n) is 3.29. The van der Waals surface area contributed by atoms with Crippen LogP contribution in [-0.4, -0.2) is 57.4 Å². The van der Waals surface area contributed by atoms with Gasteiger partial charge in [0.25, 0.3) is 0 Å². The van der Waals surface area contributed by atoms with Crippen molar-refractivity contribution in [3.05, 3.63) is 0 Å². The molecule has 16 heavy (non-hydrogen) atoms. The first-order chi connectivity index (χ1) is 7.45. The fourth-order valence-corrected chi connectivity index (χ4v) is 0.909. The molecule has 2 N–H and O–H groups in total. The van der Waals surface area contributed by atoms with Gasteiger partial charge in [-0.1, -0.05) is 0 Å². The molecule has 0 heterocycles. The summed E-state index contributed by atoms with van der Waals surface area (Å²) in [5.41, 5.74) is 0. The van der Waals surface area contributed by atoms with Crippen LogP contribution in [0.5, 0.6) is 0 Å². The predicted molar refractivity (Wildman–Crippen MR) is 52.2 cm³/mol. The second kappa shape index (κ2) is 8.74. The monoisotopic (exact) mass is 245 g/mol. The number of methoxy groups -OCH3 is 1. The zero-order chi connectivity index (χ0) is 12.4. The summed E-state index contributed by atoms with van der Waals surface area (Å²) in [4.78, 5) is 0. The van der Waals surface area contributed by atoms with Gasteiger partial charge in [0.1, 0.15) is 0 Å². The third-order valence-corrected chi connectivity index (χ3v) is 1.70. The molecule has 0 rings (SSSR count). The van der Waals surface area contributed by atoms with Crippen molar-refractivity contribution in [1.82, 2.24) is 5.32 Å². The van der Waals surface area contributed by atoms with E-state index in [-0.39, 0.29) is 13.2 Å². The summed E-state index contributed by atoms with van der Waals surface area (Å²) in [6.45, 7) is 0.849. The summed E-state index contributed by atoms with van der Waals surface area (Å²) >= 11 is 0. The van der Waals surface area contributed by atoms with Crippen molar-refractivity contribution in [3.63, 3.8) is 0 Å². The van der Waals surface area contributed by atoms with E-state index in [9.17, 15) is 18.3 Å². The van der Waals surface area contributed by atoms with Crippen LogP contribution >= 0.6 is 0 Å². The smallest absolute Gasteiger partial charge is 0.389 e. The van der Waals surface area contributed by atoms with Gasteiger partial charge in [-0.25, -0.2) is 0 Å². The summed E-state index contributed by atoms with van der Waals surface area (Å²) < 4.78 is 44.5. The van der Waals surface area contributed by atoms with E-state index >= 15 is 0 Å². The van der Waals surface area contributed by atoms with Crippen molar-refractivity contribution in [2.24, 2.45) is 0 Å². The maximum Gasteiger partial charge on any atom is 0.391 e. The molecule has 0 spiro atoms. The lowest BCUT2D eigenvalue weighted by atomic mass is 10.3. The van der Waals surface area contributed by atoms with Gasteiger partial charge < -0.3 is 19.9 Å². The van der Waals surface area contributed by atoms with E-state index in [1.807, 2.05) is 0 Å². The molecule has 0 aromatic carbocycles. The molecule has 0 aliphatic carbocycles. The molecular weight excluding hydrogens is 227 g/mol. The maximum absolute atomic E-state index is 11.7. The van der Waals surface area contributed by atoms with Gasteiger partial charge in [0.2, 0.25) is 0 Å². The Kier molecular flexibility index (Phi) is 8.54. The average molecular weight is 245 g/mol. The van der Waals surface area contributed by atoms with Crippen LogP contribution in [-0.2, 0) is 9.47 Å². The van der Waals surface area contributed by atoms with Crippen molar-refractivity contribution >= 4 is 0 Å². The Morgan fingerprint density at radius 1 is 1.31 bits per heavy atom. The van der Waals surface area contributed by atoms with Crippen LogP contribution in [0.15, 0.2) is 0 Å². The molecule has 0 saturated heterocycles. The third-order valence-electron chi connectivity index (χ3n) is 1.70. The molecule has 0 aromatic heterocycles. The van der Waals surface area contributed by atoms with E-state index in [0.29, 0.717) is 13.2 Å². The summed E-state index contributed by atoms with van der Waals surface area (Å²) in [5.74, 6) is 0. The van der Waals surface area contributed by atoms with Crippen LogP contribution in [0.25, 0.3) is 0 Å². The standard InChI is InChI=1S/C9H18F3NO3/c1-15-5-3-13-6-8(14)7-16-4-2-9(10,11)12/h8,13-14H,2-7H2,1H3. The van der Waals surface area contributed by atoms with Crippen molar-refractivity contribution in [2.45, 2.75) is 18.7 Å². The number of aliphatic hydroxyl groups is 1. The highest BCUT2D eigenvalue weighted by Gasteiger charge is 2.26. The zero-order valence-corrected chi connectivity index (χ0v) is 9.22. The number of aliphatic hydroxyl groups excluding tert-OH is 1. The molecule has 0 aliphatic rings. The lowest BCUT2D eigenvalue weighted by Gasteiger charge is -2.12. The SMILES string of the molecule is COCCNCC(O)COCCC(F)(F)F. The Labute approximate surface area is 92.7 Å².